The van der Waals surface area contributed by atoms with E-state index in [9.17, 15) is 0 Å². The molecule has 3 N–H and O–H groups in total. The molecule has 0 radical (unpaired) electrons. The summed E-state index contributed by atoms with van der Waals surface area (Å²) in [7, 11) is 0. The van der Waals surface area contributed by atoms with Crippen molar-refractivity contribution in [2.24, 2.45) is 0 Å². The second-order valence-corrected chi connectivity index (χ2v) is 8.98. The number of hydrogen-bond acceptors (Lipinski definition) is 5. The first-order valence-electron chi connectivity index (χ1n) is 11.8. The number of hydrogen-bond donors (Lipinski definition) is 3. The second-order valence-electron chi connectivity index (χ2n) is 8.98. The Morgan fingerprint density at radius 3 is 1.89 bits per heavy atom. The van der Waals surface area contributed by atoms with Crippen LogP contribution in [0.3, 0.4) is 0 Å². The van der Waals surface area contributed by atoms with Crippen molar-refractivity contribution in [2.75, 3.05) is 98.3 Å². The van der Waals surface area contributed by atoms with Crippen LogP contribution in [0.25, 0.3) is 0 Å². The molecule has 3 fully saturated rings. The Kier molecular flexibility index (Phi) is 9.82. The molecular weight excluding hydrogens is 336 g/mol. The van der Waals surface area contributed by atoms with Crippen molar-refractivity contribution in [3.8, 4) is 0 Å². The molecule has 3 heterocycles. The summed E-state index contributed by atoms with van der Waals surface area (Å²) in [5.74, 6) is 0. The van der Waals surface area contributed by atoms with Crippen LogP contribution < -0.4 is 16.0 Å². The van der Waals surface area contributed by atoms with Crippen LogP contribution in [0.5, 0.6) is 0 Å². The summed E-state index contributed by atoms with van der Waals surface area (Å²) in [5, 5.41) is 10.9. The van der Waals surface area contributed by atoms with Gasteiger partial charge in [0.05, 0.1) is 19.6 Å². The van der Waals surface area contributed by atoms with Gasteiger partial charge in [0.25, 0.3) is 0 Å². The van der Waals surface area contributed by atoms with Gasteiger partial charge >= 0.3 is 0 Å². The van der Waals surface area contributed by atoms with Crippen molar-refractivity contribution < 1.29 is 4.48 Å². The van der Waals surface area contributed by atoms with Gasteiger partial charge in [-0.3, -0.25) is 9.80 Å². The minimum Gasteiger partial charge on any atom is -0.317 e. The molecule has 3 rings (SSSR count). The lowest BCUT2D eigenvalue weighted by Gasteiger charge is -2.47. The summed E-state index contributed by atoms with van der Waals surface area (Å²) in [6.07, 6.45) is 7.89. The Balaban J connectivity index is 1.51. The molecule has 0 amide bonds. The van der Waals surface area contributed by atoms with E-state index in [-0.39, 0.29) is 0 Å². The van der Waals surface area contributed by atoms with Gasteiger partial charge in [0.1, 0.15) is 6.67 Å². The van der Waals surface area contributed by atoms with Crippen molar-refractivity contribution in [1.29, 1.82) is 0 Å². The average molecular weight is 382 g/mol. The zero-order chi connectivity index (χ0) is 18.6. The van der Waals surface area contributed by atoms with Gasteiger partial charge in [-0.15, -0.1) is 0 Å². The summed E-state index contributed by atoms with van der Waals surface area (Å²) in [4.78, 5) is 5.51. The van der Waals surface area contributed by atoms with Gasteiger partial charge in [-0.2, -0.15) is 0 Å². The van der Waals surface area contributed by atoms with E-state index in [4.69, 9.17) is 0 Å². The Bertz CT molecular complexity index is 381. The van der Waals surface area contributed by atoms with Crippen LogP contribution in [0.2, 0.25) is 0 Å². The lowest BCUT2D eigenvalue weighted by atomic mass is 10.1. The lowest BCUT2D eigenvalue weighted by molar-refractivity contribution is -0.942. The molecule has 2 unspecified atom stereocenters. The standard InChI is InChI=1S/C21H45N6/c1-7-22-9-2-13-25(14-3-10-23-8-1)17-20-27-18-5-12-24-11-4-15-26(21-27)16-6-19-27/h22-24H,1-21H2/q+1. The number of fused-ring (bicyclic) bond motifs is 2. The summed E-state index contributed by atoms with van der Waals surface area (Å²) in [5.41, 5.74) is 0. The fraction of sp³-hybridized carbons (Fsp3) is 1.00. The Hall–Kier alpha value is -0.240. The summed E-state index contributed by atoms with van der Waals surface area (Å²) >= 11 is 0. The highest BCUT2D eigenvalue weighted by Gasteiger charge is 2.33. The molecule has 3 aliphatic rings. The molecule has 3 aliphatic heterocycles. The van der Waals surface area contributed by atoms with Crippen LogP contribution in [0.15, 0.2) is 0 Å². The van der Waals surface area contributed by atoms with E-state index in [1.54, 1.807) is 0 Å². The van der Waals surface area contributed by atoms with E-state index in [1.165, 1.54) is 128 Å². The summed E-state index contributed by atoms with van der Waals surface area (Å²) < 4.78 is 1.34. The first-order chi connectivity index (χ1) is 13.4. The first kappa shape index (κ1) is 21.5. The minimum atomic E-state index is 1.16. The minimum absolute atomic E-state index is 1.16. The molecule has 6 heteroatoms. The Labute approximate surface area is 167 Å². The van der Waals surface area contributed by atoms with Crippen LogP contribution in [-0.2, 0) is 0 Å². The molecular formula is C21H45N6+. The van der Waals surface area contributed by atoms with E-state index in [2.05, 4.69) is 25.8 Å². The van der Waals surface area contributed by atoms with Gasteiger partial charge in [-0.1, -0.05) is 0 Å². The van der Waals surface area contributed by atoms with Gasteiger partial charge in [0.15, 0.2) is 0 Å². The third kappa shape index (κ3) is 7.95. The van der Waals surface area contributed by atoms with Crippen molar-refractivity contribution in [1.82, 2.24) is 25.8 Å². The lowest BCUT2D eigenvalue weighted by Crippen LogP contribution is -2.62. The molecule has 3 saturated heterocycles. The van der Waals surface area contributed by atoms with E-state index < -0.39 is 0 Å². The quantitative estimate of drug-likeness (QED) is 0.622. The highest BCUT2D eigenvalue weighted by molar-refractivity contribution is 4.67. The Morgan fingerprint density at radius 2 is 1.15 bits per heavy atom. The smallest absolute Gasteiger partial charge is 0.135 e. The molecule has 6 nitrogen and oxygen atoms in total. The predicted octanol–water partition coefficient (Wildman–Crippen LogP) is 0.515. The van der Waals surface area contributed by atoms with Gasteiger partial charge in [-0.25, -0.2) is 0 Å². The third-order valence-electron chi connectivity index (χ3n) is 6.67. The van der Waals surface area contributed by atoms with Gasteiger partial charge < -0.3 is 20.4 Å². The average Bonchev–Trinajstić information content (AvgIpc) is 2.67. The zero-order valence-corrected chi connectivity index (χ0v) is 17.7. The van der Waals surface area contributed by atoms with Crippen LogP contribution in [0, 0.1) is 0 Å². The van der Waals surface area contributed by atoms with Crippen LogP contribution >= 0.6 is 0 Å². The molecule has 0 aromatic carbocycles. The molecule has 2 atom stereocenters. The van der Waals surface area contributed by atoms with Gasteiger partial charge in [0, 0.05) is 39.0 Å². The summed E-state index contributed by atoms with van der Waals surface area (Å²) in [6.45, 7) is 18.9. The molecule has 0 saturated carbocycles. The van der Waals surface area contributed by atoms with E-state index in [0.717, 1.165) is 13.1 Å². The highest BCUT2D eigenvalue weighted by Crippen LogP contribution is 2.19. The number of nitrogens with one attached hydrogen (secondary N) is 3. The largest absolute Gasteiger partial charge is 0.317 e. The van der Waals surface area contributed by atoms with E-state index in [0.29, 0.717) is 0 Å². The normalized spacial score (nSPS) is 33.6. The predicted molar refractivity (Wildman–Crippen MR) is 114 cm³/mol. The van der Waals surface area contributed by atoms with Crippen molar-refractivity contribution in [3.05, 3.63) is 0 Å². The second kappa shape index (κ2) is 12.3. The van der Waals surface area contributed by atoms with Crippen molar-refractivity contribution in [3.63, 3.8) is 0 Å². The van der Waals surface area contributed by atoms with Crippen LogP contribution in [-0.4, -0.2) is 113 Å². The molecule has 0 aromatic rings. The van der Waals surface area contributed by atoms with Crippen molar-refractivity contribution >= 4 is 0 Å². The Morgan fingerprint density at radius 1 is 0.593 bits per heavy atom. The molecule has 0 aromatic heterocycles. The maximum atomic E-state index is 3.65. The van der Waals surface area contributed by atoms with Crippen LogP contribution in [0.1, 0.15) is 38.5 Å². The number of quaternary nitrogens is 1. The summed E-state index contributed by atoms with van der Waals surface area (Å²) in [6, 6.07) is 0. The number of rotatable bonds is 3. The fourth-order valence-corrected chi connectivity index (χ4v) is 5.08. The molecule has 27 heavy (non-hydrogen) atoms. The van der Waals surface area contributed by atoms with E-state index in [1.807, 2.05) is 0 Å². The maximum absolute atomic E-state index is 3.65. The monoisotopic (exact) mass is 381 g/mol. The maximum Gasteiger partial charge on any atom is 0.135 e. The fourth-order valence-electron chi connectivity index (χ4n) is 5.08. The number of nitrogens with zero attached hydrogens (tertiary/aromatic N) is 3. The molecule has 2 bridgehead atoms. The van der Waals surface area contributed by atoms with Crippen molar-refractivity contribution in [2.45, 2.75) is 38.5 Å². The van der Waals surface area contributed by atoms with Crippen LogP contribution in [0.4, 0.5) is 0 Å². The van der Waals surface area contributed by atoms with Gasteiger partial charge in [-0.05, 0) is 71.5 Å². The molecule has 0 spiro atoms. The topological polar surface area (TPSA) is 42.6 Å². The highest BCUT2D eigenvalue weighted by atomic mass is 15.5. The molecule has 0 aliphatic carbocycles. The first-order valence-corrected chi connectivity index (χ1v) is 11.8. The third-order valence-corrected chi connectivity index (χ3v) is 6.67. The van der Waals surface area contributed by atoms with E-state index >= 15 is 0 Å². The SMILES string of the molecule is C1CNCCCN(CC[N+]23CCCNCCCN(CCC2)C3)CCCNC1. The molecule has 158 valence electrons. The van der Waals surface area contributed by atoms with Gasteiger partial charge in [0.2, 0.25) is 0 Å². The zero-order valence-electron chi connectivity index (χ0n) is 17.7.